The first-order chi connectivity index (χ1) is 12.4. The van der Waals surface area contributed by atoms with Gasteiger partial charge in [0.25, 0.3) is 0 Å². The molecule has 1 amide bonds. The van der Waals surface area contributed by atoms with Crippen LogP contribution in [0.1, 0.15) is 40.5 Å². The van der Waals surface area contributed by atoms with Crippen LogP contribution in [-0.4, -0.2) is 87.7 Å². The minimum atomic E-state index is 0.0678. The second kappa shape index (κ2) is 12.1. The largest absolute Gasteiger partial charge is 0.383 e. The van der Waals surface area contributed by atoms with E-state index in [9.17, 15) is 4.79 Å². The van der Waals surface area contributed by atoms with Crippen LogP contribution in [-0.2, 0) is 9.53 Å². The molecular weight excluding hydrogens is 330 g/mol. The number of guanidine groups is 1. The average Bonchev–Trinajstić information content (AvgIpc) is 2.58. The molecule has 152 valence electrons. The standard InChI is InChI=1S/C19H39N5O2/c1-6-20-18(22-9-7-8-19(2,3)4)24-13-11-23(12-14-24)16-17(25)21-10-15-26-5/h6-16H2,1-5H3,(H,20,22)(H,21,25). The van der Waals surface area contributed by atoms with Crippen molar-refractivity contribution in [2.24, 2.45) is 10.4 Å². The molecule has 0 aromatic heterocycles. The normalized spacial score (nSPS) is 16.7. The van der Waals surface area contributed by atoms with Crippen LogP contribution < -0.4 is 10.6 Å². The van der Waals surface area contributed by atoms with Crippen LogP contribution in [0.4, 0.5) is 0 Å². The lowest BCUT2D eigenvalue weighted by Gasteiger charge is -2.36. The fourth-order valence-electron chi connectivity index (χ4n) is 2.89. The quantitative estimate of drug-likeness (QED) is 0.363. The fourth-order valence-corrected chi connectivity index (χ4v) is 2.89. The number of amides is 1. The molecule has 0 spiro atoms. The molecule has 7 nitrogen and oxygen atoms in total. The Morgan fingerprint density at radius 1 is 1.15 bits per heavy atom. The van der Waals surface area contributed by atoms with E-state index < -0.39 is 0 Å². The van der Waals surface area contributed by atoms with E-state index in [-0.39, 0.29) is 5.91 Å². The van der Waals surface area contributed by atoms with Crippen molar-refractivity contribution in [1.82, 2.24) is 20.4 Å². The molecule has 2 N–H and O–H groups in total. The van der Waals surface area contributed by atoms with Gasteiger partial charge in [0.05, 0.1) is 13.2 Å². The smallest absolute Gasteiger partial charge is 0.234 e. The van der Waals surface area contributed by atoms with Crippen LogP contribution in [0, 0.1) is 5.41 Å². The summed E-state index contributed by atoms with van der Waals surface area (Å²) < 4.78 is 4.95. The molecule has 1 saturated heterocycles. The average molecular weight is 370 g/mol. The van der Waals surface area contributed by atoms with Crippen LogP contribution in [0.25, 0.3) is 0 Å². The Labute approximate surface area is 159 Å². The van der Waals surface area contributed by atoms with E-state index in [0.717, 1.165) is 51.6 Å². The molecule has 0 aromatic rings. The number of nitrogens with zero attached hydrogens (tertiary/aromatic N) is 3. The molecule has 1 fully saturated rings. The van der Waals surface area contributed by atoms with Gasteiger partial charge in [-0.3, -0.25) is 14.7 Å². The zero-order chi connectivity index (χ0) is 19.4. The first-order valence-corrected chi connectivity index (χ1v) is 9.87. The van der Waals surface area contributed by atoms with Gasteiger partial charge >= 0.3 is 0 Å². The highest BCUT2D eigenvalue weighted by atomic mass is 16.5. The van der Waals surface area contributed by atoms with Crippen molar-refractivity contribution in [2.45, 2.75) is 40.5 Å². The van der Waals surface area contributed by atoms with Crippen molar-refractivity contribution in [1.29, 1.82) is 0 Å². The second-order valence-corrected chi connectivity index (χ2v) is 8.01. The lowest BCUT2D eigenvalue weighted by Crippen LogP contribution is -2.54. The van der Waals surface area contributed by atoms with Crippen LogP contribution in [0.3, 0.4) is 0 Å². The van der Waals surface area contributed by atoms with Crippen molar-refractivity contribution < 1.29 is 9.53 Å². The number of carbonyl (C=O) groups is 1. The summed E-state index contributed by atoms with van der Waals surface area (Å²) in [6.07, 6.45) is 2.29. The van der Waals surface area contributed by atoms with Gasteiger partial charge in [-0.15, -0.1) is 0 Å². The van der Waals surface area contributed by atoms with E-state index in [1.165, 1.54) is 6.42 Å². The monoisotopic (exact) mass is 369 g/mol. The number of hydrogen-bond acceptors (Lipinski definition) is 4. The maximum absolute atomic E-state index is 11.9. The third-order valence-corrected chi connectivity index (χ3v) is 4.35. The number of hydrogen-bond donors (Lipinski definition) is 2. The summed E-state index contributed by atoms with van der Waals surface area (Å²) in [7, 11) is 1.64. The van der Waals surface area contributed by atoms with Crippen molar-refractivity contribution in [3.8, 4) is 0 Å². The van der Waals surface area contributed by atoms with Crippen LogP contribution in [0.5, 0.6) is 0 Å². The number of ether oxygens (including phenoxy) is 1. The Balaban J connectivity index is 2.38. The number of nitrogens with one attached hydrogen (secondary N) is 2. The van der Waals surface area contributed by atoms with Gasteiger partial charge in [0.15, 0.2) is 5.96 Å². The van der Waals surface area contributed by atoms with Gasteiger partial charge in [-0.05, 0) is 25.2 Å². The Morgan fingerprint density at radius 3 is 2.42 bits per heavy atom. The highest BCUT2D eigenvalue weighted by molar-refractivity contribution is 5.80. The Kier molecular flexibility index (Phi) is 10.6. The summed E-state index contributed by atoms with van der Waals surface area (Å²) in [5.74, 6) is 1.07. The van der Waals surface area contributed by atoms with Gasteiger partial charge in [0.1, 0.15) is 0 Å². The number of rotatable bonds is 9. The Bertz CT molecular complexity index is 426. The molecular formula is C19H39N5O2. The van der Waals surface area contributed by atoms with E-state index >= 15 is 0 Å². The molecule has 26 heavy (non-hydrogen) atoms. The molecule has 1 rings (SSSR count). The zero-order valence-corrected chi connectivity index (χ0v) is 17.4. The summed E-state index contributed by atoms with van der Waals surface area (Å²) in [5.41, 5.74) is 0.364. The highest BCUT2D eigenvalue weighted by Gasteiger charge is 2.21. The number of carbonyl (C=O) groups excluding carboxylic acids is 1. The summed E-state index contributed by atoms with van der Waals surface area (Å²) in [5, 5.41) is 6.28. The van der Waals surface area contributed by atoms with Crippen molar-refractivity contribution in [3.05, 3.63) is 0 Å². The van der Waals surface area contributed by atoms with E-state index in [0.29, 0.717) is 25.1 Å². The van der Waals surface area contributed by atoms with Gasteiger partial charge in [0, 0.05) is 52.9 Å². The van der Waals surface area contributed by atoms with Gasteiger partial charge < -0.3 is 20.3 Å². The van der Waals surface area contributed by atoms with E-state index in [1.807, 2.05) is 0 Å². The molecule has 1 aliphatic rings. The maximum Gasteiger partial charge on any atom is 0.234 e. The van der Waals surface area contributed by atoms with Crippen molar-refractivity contribution in [2.75, 3.05) is 66.1 Å². The summed E-state index contributed by atoms with van der Waals surface area (Å²) >= 11 is 0. The molecule has 0 aliphatic carbocycles. The van der Waals surface area contributed by atoms with E-state index in [2.05, 4.69) is 48.1 Å². The zero-order valence-electron chi connectivity index (χ0n) is 17.4. The van der Waals surface area contributed by atoms with Crippen LogP contribution in [0.2, 0.25) is 0 Å². The minimum absolute atomic E-state index is 0.0678. The Morgan fingerprint density at radius 2 is 1.85 bits per heavy atom. The molecule has 1 aliphatic heterocycles. The number of piperazine rings is 1. The third kappa shape index (κ3) is 9.97. The summed E-state index contributed by atoms with van der Waals surface area (Å²) in [6, 6.07) is 0. The first-order valence-electron chi connectivity index (χ1n) is 9.87. The first kappa shape index (κ1) is 22.7. The molecule has 0 atom stereocenters. The van der Waals surface area contributed by atoms with Gasteiger partial charge in [0.2, 0.25) is 5.91 Å². The lowest BCUT2D eigenvalue weighted by atomic mass is 9.91. The third-order valence-electron chi connectivity index (χ3n) is 4.35. The molecule has 0 saturated carbocycles. The highest BCUT2D eigenvalue weighted by Crippen LogP contribution is 2.20. The van der Waals surface area contributed by atoms with Crippen molar-refractivity contribution in [3.63, 3.8) is 0 Å². The molecule has 1 heterocycles. The van der Waals surface area contributed by atoms with E-state index in [1.54, 1.807) is 7.11 Å². The molecule has 0 unspecified atom stereocenters. The lowest BCUT2D eigenvalue weighted by molar-refractivity contribution is -0.122. The maximum atomic E-state index is 11.9. The Hall–Kier alpha value is -1.34. The molecule has 7 heteroatoms. The SMILES string of the molecule is CCNC(=NCCCC(C)(C)C)N1CCN(CC(=O)NCCOC)CC1. The summed E-state index contributed by atoms with van der Waals surface area (Å²) in [4.78, 5) is 21.2. The predicted molar refractivity (Wildman–Crippen MR) is 108 cm³/mol. The van der Waals surface area contributed by atoms with E-state index in [4.69, 9.17) is 9.73 Å². The topological polar surface area (TPSA) is 69.2 Å². The van der Waals surface area contributed by atoms with Crippen molar-refractivity contribution >= 4 is 11.9 Å². The van der Waals surface area contributed by atoms with Gasteiger partial charge in [-0.2, -0.15) is 0 Å². The van der Waals surface area contributed by atoms with Crippen LogP contribution in [0.15, 0.2) is 4.99 Å². The van der Waals surface area contributed by atoms with Crippen LogP contribution >= 0.6 is 0 Å². The fraction of sp³-hybridized carbons (Fsp3) is 0.895. The summed E-state index contributed by atoms with van der Waals surface area (Å²) in [6.45, 7) is 15.8. The second-order valence-electron chi connectivity index (χ2n) is 8.01. The predicted octanol–water partition coefficient (Wildman–Crippen LogP) is 1.16. The van der Waals surface area contributed by atoms with Gasteiger partial charge in [-0.25, -0.2) is 0 Å². The molecule has 0 aromatic carbocycles. The minimum Gasteiger partial charge on any atom is -0.383 e. The number of methoxy groups -OCH3 is 1. The molecule has 0 radical (unpaired) electrons. The number of aliphatic imine (C=N–C) groups is 1. The molecule has 0 bridgehead atoms. The van der Waals surface area contributed by atoms with Gasteiger partial charge in [-0.1, -0.05) is 20.8 Å².